The van der Waals surface area contributed by atoms with E-state index in [2.05, 4.69) is 5.32 Å². The molecule has 2 rings (SSSR count). The van der Waals surface area contributed by atoms with Gasteiger partial charge in [0.1, 0.15) is 0 Å². The molecule has 0 saturated carbocycles. The number of nitrogens with one attached hydrogen (secondary N) is 1. The van der Waals surface area contributed by atoms with E-state index >= 15 is 0 Å². The third-order valence-electron chi connectivity index (χ3n) is 4.01. The largest absolute Gasteiger partial charge is 0.393 e. The molecular weight excluding hydrogens is 288 g/mol. The first kappa shape index (κ1) is 16.1. The first-order valence-corrected chi connectivity index (χ1v) is 7.91. The maximum atomic E-state index is 12.8. The number of piperidine rings is 1. The monoisotopic (exact) mass is 310 g/mol. The van der Waals surface area contributed by atoms with Gasteiger partial charge >= 0.3 is 0 Å². The smallest absolute Gasteiger partial charge is 0.256 e. The first-order valence-electron chi connectivity index (χ1n) is 7.53. The van der Waals surface area contributed by atoms with Gasteiger partial charge in [0.15, 0.2) is 0 Å². The van der Waals surface area contributed by atoms with Gasteiger partial charge in [-0.25, -0.2) is 0 Å². The van der Waals surface area contributed by atoms with Crippen LogP contribution in [-0.4, -0.2) is 41.7 Å². The van der Waals surface area contributed by atoms with E-state index in [1.165, 1.54) is 0 Å². The zero-order valence-electron chi connectivity index (χ0n) is 12.6. The van der Waals surface area contributed by atoms with Crippen molar-refractivity contribution in [2.24, 2.45) is 5.92 Å². The Morgan fingerprint density at radius 3 is 3.00 bits per heavy atom. The topological polar surface area (TPSA) is 52.6 Å². The van der Waals surface area contributed by atoms with Crippen LogP contribution >= 0.6 is 11.6 Å². The van der Waals surface area contributed by atoms with E-state index in [0.29, 0.717) is 17.1 Å². The summed E-state index contributed by atoms with van der Waals surface area (Å²) < 4.78 is 0. The van der Waals surface area contributed by atoms with Gasteiger partial charge in [-0.1, -0.05) is 11.6 Å². The van der Waals surface area contributed by atoms with Crippen LogP contribution in [0.2, 0.25) is 5.02 Å². The van der Waals surface area contributed by atoms with Gasteiger partial charge in [0.25, 0.3) is 5.91 Å². The summed E-state index contributed by atoms with van der Waals surface area (Å²) in [4.78, 5) is 14.6. The zero-order chi connectivity index (χ0) is 15.4. The maximum Gasteiger partial charge on any atom is 0.256 e. The van der Waals surface area contributed by atoms with Crippen molar-refractivity contribution >= 4 is 23.2 Å². The molecule has 2 atom stereocenters. The van der Waals surface area contributed by atoms with Crippen molar-refractivity contribution in [3.8, 4) is 0 Å². The number of rotatable bonds is 4. The number of likely N-dealkylation sites (tertiary alicyclic amines) is 1. The second-order valence-electron chi connectivity index (χ2n) is 5.61. The van der Waals surface area contributed by atoms with Crippen molar-refractivity contribution in [1.29, 1.82) is 0 Å². The minimum atomic E-state index is -0.381. The fourth-order valence-corrected chi connectivity index (χ4v) is 2.97. The van der Waals surface area contributed by atoms with E-state index in [9.17, 15) is 9.90 Å². The molecule has 1 amide bonds. The molecule has 21 heavy (non-hydrogen) atoms. The number of carbonyl (C=O) groups excluding carboxylic acids is 1. The molecule has 1 fully saturated rings. The summed E-state index contributed by atoms with van der Waals surface area (Å²) in [5.74, 6) is 0.142. The minimum absolute atomic E-state index is 0.0150. The summed E-state index contributed by atoms with van der Waals surface area (Å²) in [5, 5.41) is 13.5. The molecule has 0 aromatic heterocycles. The van der Waals surface area contributed by atoms with Crippen LogP contribution in [0, 0.1) is 5.92 Å². The SMILES string of the molecule is CCNc1ccc(Cl)cc1C(=O)N1CCCC(C(C)O)C1. The molecule has 1 saturated heterocycles. The molecule has 2 unspecified atom stereocenters. The Hall–Kier alpha value is -1.26. The average molecular weight is 311 g/mol. The summed E-state index contributed by atoms with van der Waals surface area (Å²) in [6, 6.07) is 5.34. The van der Waals surface area contributed by atoms with Crippen LogP contribution in [0.1, 0.15) is 37.0 Å². The van der Waals surface area contributed by atoms with Crippen molar-refractivity contribution in [2.75, 3.05) is 25.0 Å². The highest BCUT2D eigenvalue weighted by Crippen LogP contribution is 2.26. The zero-order valence-corrected chi connectivity index (χ0v) is 13.4. The predicted octanol–water partition coefficient (Wildman–Crippen LogP) is 3.00. The molecule has 0 aliphatic carbocycles. The van der Waals surface area contributed by atoms with E-state index in [0.717, 1.165) is 31.6 Å². The molecule has 1 heterocycles. The number of anilines is 1. The number of nitrogens with zero attached hydrogens (tertiary/aromatic N) is 1. The predicted molar refractivity (Wildman–Crippen MR) is 85.9 cm³/mol. The standard InChI is InChI=1S/C16H23ClN2O2/c1-3-18-15-7-6-13(17)9-14(15)16(21)19-8-4-5-12(10-19)11(2)20/h6-7,9,11-12,18,20H,3-5,8,10H2,1-2H3. The van der Waals surface area contributed by atoms with Crippen molar-refractivity contribution in [2.45, 2.75) is 32.8 Å². The summed E-state index contributed by atoms with van der Waals surface area (Å²) in [7, 11) is 0. The first-order chi connectivity index (χ1) is 10.0. The Balaban J connectivity index is 2.20. The highest BCUT2D eigenvalue weighted by molar-refractivity contribution is 6.31. The molecule has 1 aromatic carbocycles. The van der Waals surface area contributed by atoms with Gasteiger partial charge in [-0.15, -0.1) is 0 Å². The quantitative estimate of drug-likeness (QED) is 0.899. The lowest BCUT2D eigenvalue weighted by atomic mass is 9.93. The lowest BCUT2D eigenvalue weighted by Gasteiger charge is -2.34. The van der Waals surface area contributed by atoms with E-state index in [4.69, 9.17) is 11.6 Å². The molecule has 1 aromatic rings. The molecule has 4 nitrogen and oxygen atoms in total. The van der Waals surface area contributed by atoms with Crippen LogP contribution in [0.5, 0.6) is 0 Å². The molecule has 5 heteroatoms. The van der Waals surface area contributed by atoms with Gasteiger partial charge in [0.2, 0.25) is 0 Å². The number of halogens is 1. The second kappa shape index (κ2) is 7.14. The fraction of sp³-hybridized carbons (Fsp3) is 0.562. The molecule has 0 radical (unpaired) electrons. The van der Waals surface area contributed by atoms with Crippen LogP contribution in [0.3, 0.4) is 0 Å². The normalized spacial score (nSPS) is 20.2. The summed E-state index contributed by atoms with van der Waals surface area (Å²) >= 11 is 6.04. The molecule has 1 aliphatic heterocycles. The number of hydrogen-bond donors (Lipinski definition) is 2. The van der Waals surface area contributed by atoms with Gasteiger partial charge in [-0.05, 0) is 44.9 Å². The van der Waals surface area contributed by atoms with Crippen LogP contribution in [0.25, 0.3) is 0 Å². The van der Waals surface area contributed by atoms with Gasteiger partial charge in [0, 0.05) is 36.3 Å². The molecule has 1 aliphatic rings. The third-order valence-corrected chi connectivity index (χ3v) is 4.24. The van der Waals surface area contributed by atoms with Crippen LogP contribution < -0.4 is 5.32 Å². The van der Waals surface area contributed by atoms with Crippen molar-refractivity contribution in [1.82, 2.24) is 4.90 Å². The number of amides is 1. The number of aliphatic hydroxyl groups is 1. The van der Waals surface area contributed by atoms with Crippen molar-refractivity contribution in [3.63, 3.8) is 0 Å². The van der Waals surface area contributed by atoms with Crippen molar-refractivity contribution < 1.29 is 9.90 Å². The third kappa shape index (κ3) is 3.89. The van der Waals surface area contributed by atoms with E-state index < -0.39 is 0 Å². The van der Waals surface area contributed by atoms with E-state index in [-0.39, 0.29) is 17.9 Å². The lowest BCUT2D eigenvalue weighted by molar-refractivity contribution is 0.0467. The van der Waals surface area contributed by atoms with Gasteiger partial charge in [-0.3, -0.25) is 4.79 Å². The summed E-state index contributed by atoms with van der Waals surface area (Å²) in [6.45, 7) is 5.88. The molecule has 0 spiro atoms. The highest BCUT2D eigenvalue weighted by atomic mass is 35.5. The Labute approximate surface area is 131 Å². The number of aliphatic hydroxyl groups excluding tert-OH is 1. The van der Waals surface area contributed by atoms with Gasteiger partial charge in [0.05, 0.1) is 11.7 Å². The Morgan fingerprint density at radius 2 is 2.33 bits per heavy atom. The molecule has 116 valence electrons. The Morgan fingerprint density at radius 1 is 1.57 bits per heavy atom. The van der Waals surface area contributed by atoms with Crippen molar-refractivity contribution in [3.05, 3.63) is 28.8 Å². The molecule has 0 bridgehead atoms. The summed E-state index contributed by atoms with van der Waals surface area (Å²) in [5.41, 5.74) is 1.42. The molecular formula is C16H23ClN2O2. The Kier molecular flexibility index (Phi) is 5.48. The van der Waals surface area contributed by atoms with Crippen LogP contribution in [0.15, 0.2) is 18.2 Å². The highest BCUT2D eigenvalue weighted by Gasteiger charge is 2.28. The fourth-order valence-electron chi connectivity index (χ4n) is 2.80. The van der Waals surface area contributed by atoms with Crippen LogP contribution in [-0.2, 0) is 0 Å². The number of hydrogen-bond acceptors (Lipinski definition) is 3. The van der Waals surface area contributed by atoms with Gasteiger partial charge in [-0.2, -0.15) is 0 Å². The molecule has 2 N–H and O–H groups in total. The van der Waals surface area contributed by atoms with Crippen LogP contribution in [0.4, 0.5) is 5.69 Å². The van der Waals surface area contributed by atoms with E-state index in [1.54, 1.807) is 19.1 Å². The summed E-state index contributed by atoms with van der Waals surface area (Å²) in [6.07, 6.45) is 1.52. The lowest BCUT2D eigenvalue weighted by Crippen LogP contribution is -2.43. The number of carbonyl (C=O) groups is 1. The average Bonchev–Trinajstić information content (AvgIpc) is 2.48. The maximum absolute atomic E-state index is 12.8. The number of benzene rings is 1. The van der Waals surface area contributed by atoms with E-state index in [1.807, 2.05) is 17.9 Å². The minimum Gasteiger partial charge on any atom is -0.393 e. The second-order valence-corrected chi connectivity index (χ2v) is 6.05. The Bertz CT molecular complexity index is 505. The van der Waals surface area contributed by atoms with Gasteiger partial charge < -0.3 is 15.3 Å².